The summed E-state index contributed by atoms with van der Waals surface area (Å²) in [5.74, 6) is 0.263. The van der Waals surface area contributed by atoms with E-state index in [-0.39, 0.29) is 23.6 Å². The lowest BCUT2D eigenvalue weighted by Crippen LogP contribution is -2.34. The van der Waals surface area contributed by atoms with Crippen LogP contribution in [0.15, 0.2) is 34.1 Å². The molecule has 0 radical (unpaired) electrons. The second-order valence-electron chi connectivity index (χ2n) is 7.45. The Morgan fingerprint density at radius 2 is 2.03 bits per heavy atom. The Labute approximate surface area is 185 Å². The van der Waals surface area contributed by atoms with Crippen LogP contribution < -0.4 is 10.9 Å². The van der Waals surface area contributed by atoms with Crippen molar-refractivity contribution in [3.8, 4) is 0 Å². The van der Waals surface area contributed by atoms with Crippen LogP contribution in [0.25, 0.3) is 11.7 Å². The number of carbonyl (C=O) groups is 1. The zero-order valence-corrected chi connectivity index (χ0v) is 19.2. The number of amides is 1. The second-order valence-corrected chi connectivity index (χ2v) is 9.13. The predicted molar refractivity (Wildman–Crippen MR) is 126 cm³/mol. The number of aromatic nitrogens is 2. The van der Waals surface area contributed by atoms with Crippen molar-refractivity contribution in [3.63, 3.8) is 0 Å². The third-order valence-electron chi connectivity index (χ3n) is 4.45. The first kappa shape index (κ1) is 22.5. The first-order valence-electron chi connectivity index (χ1n) is 9.93. The van der Waals surface area contributed by atoms with E-state index < -0.39 is 0 Å². The quantitative estimate of drug-likeness (QED) is 0.378. The van der Waals surface area contributed by atoms with Crippen LogP contribution in [-0.2, 0) is 9.53 Å². The summed E-state index contributed by atoms with van der Waals surface area (Å²) in [6.45, 7) is 9.00. The molecule has 3 heterocycles. The van der Waals surface area contributed by atoms with E-state index in [1.807, 2.05) is 33.8 Å². The van der Waals surface area contributed by atoms with Gasteiger partial charge < -0.3 is 10.1 Å². The molecule has 3 rings (SSSR count). The minimum atomic E-state index is -0.239. The molecule has 1 aliphatic rings. The minimum absolute atomic E-state index is 0.0437. The number of pyridine rings is 1. The van der Waals surface area contributed by atoms with Gasteiger partial charge in [0, 0.05) is 25.4 Å². The lowest BCUT2D eigenvalue weighted by Gasteiger charge is -2.18. The lowest BCUT2D eigenvalue weighted by atomic mass is 10.2. The largest absolute Gasteiger partial charge is 0.379 e. The summed E-state index contributed by atoms with van der Waals surface area (Å²) in [7, 11) is 0. The van der Waals surface area contributed by atoms with E-state index in [1.165, 1.54) is 16.2 Å². The Morgan fingerprint density at radius 3 is 2.70 bits per heavy atom. The van der Waals surface area contributed by atoms with E-state index in [1.54, 1.807) is 29.3 Å². The van der Waals surface area contributed by atoms with Crippen LogP contribution in [-0.4, -0.2) is 49.8 Å². The number of hydrogen-bond donors (Lipinski definition) is 1. The summed E-state index contributed by atoms with van der Waals surface area (Å²) in [6, 6.07) is 5.33. The average molecular weight is 447 g/mol. The van der Waals surface area contributed by atoms with Crippen molar-refractivity contribution >= 4 is 51.7 Å². The molecule has 0 aliphatic carbocycles. The van der Waals surface area contributed by atoms with E-state index in [4.69, 9.17) is 17.0 Å². The van der Waals surface area contributed by atoms with Crippen molar-refractivity contribution in [2.45, 2.75) is 46.3 Å². The van der Waals surface area contributed by atoms with Gasteiger partial charge in [-0.1, -0.05) is 30.0 Å². The number of thioether (sulfide) groups is 1. The monoisotopic (exact) mass is 446 g/mol. The van der Waals surface area contributed by atoms with Gasteiger partial charge in [0.2, 0.25) is 0 Å². The van der Waals surface area contributed by atoms with Crippen LogP contribution in [0.4, 0.5) is 5.82 Å². The van der Waals surface area contributed by atoms with Crippen molar-refractivity contribution < 1.29 is 9.53 Å². The van der Waals surface area contributed by atoms with Gasteiger partial charge in [-0.15, -0.1) is 0 Å². The molecule has 0 aromatic carbocycles. The molecule has 2 aromatic heterocycles. The minimum Gasteiger partial charge on any atom is -0.379 e. The summed E-state index contributed by atoms with van der Waals surface area (Å²) in [5.41, 5.74) is 0.638. The molecule has 0 bridgehead atoms. The molecule has 7 nitrogen and oxygen atoms in total. The van der Waals surface area contributed by atoms with Crippen LogP contribution in [0.3, 0.4) is 0 Å². The molecule has 1 fully saturated rings. The summed E-state index contributed by atoms with van der Waals surface area (Å²) >= 11 is 6.56. The molecule has 30 heavy (non-hydrogen) atoms. The molecular weight excluding hydrogens is 420 g/mol. The molecule has 0 saturated carbocycles. The number of hydrogen-bond acceptors (Lipinski definition) is 7. The van der Waals surface area contributed by atoms with Crippen molar-refractivity contribution in [3.05, 3.63) is 45.2 Å². The third-order valence-corrected chi connectivity index (χ3v) is 5.78. The zero-order valence-electron chi connectivity index (χ0n) is 17.5. The fourth-order valence-electron chi connectivity index (χ4n) is 3.02. The molecule has 0 atom stereocenters. The Hall–Kier alpha value is -2.23. The maximum absolute atomic E-state index is 13.2. The van der Waals surface area contributed by atoms with E-state index in [9.17, 15) is 9.59 Å². The highest BCUT2D eigenvalue weighted by molar-refractivity contribution is 8.26. The molecule has 1 amide bonds. The zero-order chi connectivity index (χ0) is 21.8. The van der Waals surface area contributed by atoms with Crippen LogP contribution in [0.2, 0.25) is 0 Å². The van der Waals surface area contributed by atoms with Gasteiger partial charge in [-0.3, -0.25) is 18.9 Å². The number of fused-ring (bicyclic) bond motifs is 1. The summed E-state index contributed by atoms with van der Waals surface area (Å²) in [5, 5.41) is 3.24. The van der Waals surface area contributed by atoms with Gasteiger partial charge >= 0.3 is 0 Å². The van der Waals surface area contributed by atoms with Crippen LogP contribution >= 0.6 is 24.0 Å². The van der Waals surface area contributed by atoms with E-state index in [2.05, 4.69) is 10.3 Å². The molecule has 0 unspecified atom stereocenters. The normalized spacial score (nSPS) is 15.9. The summed E-state index contributed by atoms with van der Waals surface area (Å²) < 4.78 is 7.54. The Morgan fingerprint density at radius 1 is 1.27 bits per heavy atom. The highest BCUT2D eigenvalue weighted by Gasteiger charge is 2.34. The average Bonchev–Trinajstić information content (AvgIpc) is 2.97. The summed E-state index contributed by atoms with van der Waals surface area (Å²) in [6.07, 6.45) is 4.21. The highest BCUT2D eigenvalue weighted by atomic mass is 32.2. The Kier molecular flexibility index (Phi) is 7.27. The van der Waals surface area contributed by atoms with E-state index in [0.717, 1.165) is 6.42 Å². The van der Waals surface area contributed by atoms with Gasteiger partial charge in [0.25, 0.3) is 11.5 Å². The maximum atomic E-state index is 13.2. The number of nitrogens with zero attached hydrogens (tertiary/aromatic N) is 3. The Bertz CT molecular complexity index is 1050. The number of rotatable bonds is 8. The van der Waals surface area contributed by atoms with Gasteiger partial charge in [-0.05, 0) is 52.3 Å². The number of anilines is 1. The molecule has 9 heteroatoms. The van der Waals surface area contributed by atoms with E-state index >= 15 is 0 Å². The smallest absolute Gasteiger partial charge is 0.267 e. The SMILES string of the molecule is CC(C)OCCCNc1nc2ccccn2c(=O)c1/C=C1\SC(=S)N(C(C)C)C1=O. The molecule has 1 aliphatic heterocycles. The van der Waals surface area contributed by atoms with Crippen molar-refractivity contribution in [1.82, 2.24) is 14.3 Å². The predicted octanol–water partition coefficient (Wildman–Crippen LogP) is 3.53. The first-order valence-corrected chi connectivity index (χ1v) is 11.2. The highest BCUT2D eigenvalue weighted by Crippen LogP contribution is 2.34. The topological polar surface area (TPSA) is 75.9 Å². The van der Waals surface area contributed by atoms with Crippen molar-refractivity contribution in [2.75, 3.05) is 18.5 Å². The maximum Gasteiger partial charge on any atom is 0.267 e. The molecule has 0 spiro atoms. The lowest BCUT2D eigenvalue weighted by molar-refractivity contribution is -0.123. The van der Waals surface area contributed by atoms with Crippen LogP contribution in [0.1, 0.15) is 39.7 Å². The fourth-order valence-corrected chi connectivity index (χ4v) is 4.53. The molecule has 1 N–H and O–H groups in total. The first-order chi connectivity index (χ1) is 14.3. The molecule has 160 valence electrons. The Balaban J connectivity index is 1.96. The number of ether oxygens (including phenoxy) is 1. The number of nitrogens with one attached hydrogen (secondary N) is 1. The molecule has 2 aromatic rings. The summed E-state index contributed by atoms with van der Waals surface area (Å²) in [4.78, 5) is 32.6. The second kappa shape index (κ2) is 9.72. The van der Waals surface area contributed by atoms with Crippen molar-refractivity contribution in [2.24, 2.45) is 0 Å². The number of thiocarbonyl (C=S) groups is 1. The fraction of sp³-hybridized carbons (Fsp3) is 0.429. The molecular formula is C21H26N4O3S2. The third kappa shape index (κ3) is 4.91. The van der Waals surface area contributed by atoms with Gasteiger partial charge in [0.05, 0.1) is 16.6 Å². The van der Waals surface area contributed by atoms with Gasteiger partial charge in [0.15, 0.2) is 0 Å². The van der Waals surface area contributed by atoms with Gasteiger partial charge in [0.1, 0.15) is 15.8 Å². The van der Waals surface area contributed by atoms with E-state index in [0.29, 0.717) is 39.4 Å². The van der Waals surface area contributed by atoms with Crippen molar-refractivity contribution in [1.29, 1.82) is 0 Å². The van der Waals surface area contributed by atoms with Crippen LogP contribution in [0, 0.1) is 0 Å². The van der Waals surface area contributed by atoms with Gasteiger partial charge in [-0.25, -0.2) is 4.98 Å². The van der Waals surface area contributed by atoms with Gasteiger partial charge in [-0.2, -0.15) is 0 Å². The molecule has 1 saturated heterocycles. The number of carbonyl (C=O) groups excluding carboxylic acids is 1. The van der Waals surface area contributed by atoms with Crippen LogP contribution in [0.5, 0.6) is 0 Å². The standard InChI is InChI=1S/C21H26N4O3S2/c1-13(2)25-20(27)16(30-21(25)29)12-15-18(22-9-7-11-28-14(3)4)23-17-8-5-6-10-24(17)19(15)26/h5-6,8,10,12-14,22H,7,9,11H2,1-4H3/b16-12-.